The lowest BCUT2D eigenvalue weighted by Crippen LogP contribution is -2.41. The highest BCUT2D eigenvalue weighted by atomic mass is 32.2. The van der Waals surface area contributed by atoms with Crippen molar-refractivity contribution in [2.45, 2.75) is 50.5 Å². The maximum absolute atomic E-state index is 13.2. The summed E-state index contributed by atoms with van der Waals surface area (Å²) < 4.78 is 73.1. The first-order valence-corrected chi connectivity index (χ1v) is 13.3. The number of halogens is 3. The van der Waals surface area contributed by atoms with Gasteiger partial charge in [-0.05, 0) is 50.5 Å². The van der Waals surface area contributed by atoms with Gasteiger partial charge in [-0.2, -0.15) is 26.6 Å². The van der Waals surface area contributed by atoms with E-state index < -0.39 is 39.3 Å². The predicted octanol–water partition coefficient (Wildman–Crippen LogP) is 4.82. The normalized spacial score (nSPS) is 17.3. The Morgan fingerprint density at radius 2 is 1.87 bits per heavy atom. The number of rotatable bonds is 7. The number of aromatic nitrogens is 2. The third kappa shape index (κ3) is 5.90. The number of amides is 1. The number of sulfonamides is 1. The zero-order valence-electron chi connectivity index (χ0n) is 21.0. The summed E-state index contributed by atoms with van der Waals surface area (Å²) in [7, 11) is -4.44. The minimum atomic E-state index is -4.57. The van der Waals surface area contributed by atoms with Gasteiger partial charge in [-0.25, -0.2) is 9.71 Å². The smallest absolute Gasteiger partial charge is 0.416 e. The molecule has 1 atom stereocenters. The number of benzene rings is 1. The van der Waals surface area contributed by atoms with E-state index >= 15 is 0 Å². The zero-order valence-corrected chi connectivity index (χ0v) is 21.8. The van der Waals surface area contributed by atoms with Gasteiger partial charge in [0.05, 0.1) is 11.1 Å². The molecule has 38 heavy (non-hydrogen) atoms. The van der Waals surface area contributed by atoms with Gasteiger partial charge in [0, 0.05) is 29.9 Å². The van der Waals surface area contributed by atoms with Gasteiger partial charge in [-0.15, -0.1) is 0 Å². The van der Waals surface area contributed by atoms with Crippen molar-refractivity contribution in [2.75, 3.05) is 11.4 Å². The van der Waals surface area contributed by atoms with Crippen LogP contribution in [0.25, 0.3) is 0 Å². The van der Waals surface area contributed by atoms with E-state index in [1.165, 1.54) is 36.4 Å². The van der Waals surface area contributed by atoms with Crippen LogP contribution in [-0.4, -0.2) is 36.4 Å². The Bertz CT molecular complexity index is 1440. The highest BCUT2D eigenvalue weighted by molar-refractivity contribution is 7.90. The molecule has 202 valence electrons. The van der Waals surface area contributed by atoms with E-state index in [9.17, 15) is 26.4 Å². The van der Waals surface area contributed by atoms with Crippen LogP contribution < -0.4 is 14.4 Å². The number of ether oxygens (including phenoxy) is 1. The summed E-state index contributed by atoms with van der Waals surface area (Å²) in [5, 5.41) is -0.520. The molecule has 1 amide bonds. The molecule has 8 nitrogen and oxygen atoms in total. The lowest BCUT2D eigenvalue weighted by molar-refractivity contribution is -0.138. The first-order valence-electron chi connectivity index (χ1n) is 11.8. The summed E-state index contributed by atoms with van der Waals surface area (Å²) in [5.41, 5.74) is -1.18. The van der Waals surface area contributed by atoms with Gasteiger partial charge in [-0.1, -0.05) is 31.2 Å². The highest BCUT2D eigenvalue weighted by Crippen LogP contribution is 2.37. The van der Waals surface area contributed by atoms with E-state index in [1.807, 2.05) is 23.5 Å². The average Bonchev–Trinajstić information content (AvgIpc) is 3.13. The van der Waals surface area contributed by atoms with Crippen LogP contribution in [0.4, 0.5) is 19.0 Å². The van der Waals surface area contributed by atoms with Crippen LogP contribution in [0.2, 0.25) is 0 Å². The third-order valence-electron chi connectivity index (χ3n) is 6.26. The van der Waals surface area contributed by atoms with E-state index in [-0.39, 0.29) is 22.5 Å². The van der Waals surface area contributed by atoms with Crippen molar-refractivity contribution >= 4 is 21.7 Å². The van der Waals surface area contributed by atoms with Crippen LogP contribution >= 0.6 is 0 Å². The minimum absolute atomic E-state index is 0.0920. The molecular weight excluding hydrogens is 521 g/mol. The molecule has 1 saturated heterocycles. The number of pyridine rings is 2. The molecule has 2 aromatic heterocycles. The molecule has 1 aromatic carbocycles. The van der Waals surface area contributed by atoms with Crippen LogP contribution in [-0.2, 0) is 22.8 Å². The number of nitrogens with one attached hydrogen (secondary N) is 1. The fourth-order valence-electron chi connectivity index (χ4n) is 4.68. The van der Waals surface area contributed by atoms with Crippen LogP contribution in [0, 0.1) is 5.92 Å². The van der Waals surface area contributed by atoms with E-state index in [1.54, 1.807) is 12.3 Å². The zero-order chi connectivity index (χ0) is 27.7. The molecular formula is C26H27F3N4O4S. The topological polar surface area (TPSA) is 101 Å². The van der Waals surface area contributed by atoms with Crippen LogP contribution in [0.5, 0.6) is 5.88 Å². The second-order valence-corrected chi connectivity index (χ2v) is 11.4. The summed E-state index contributed by atoms with van der Waals surface area (Å²) in [5.74, 6) is -0.354. The fourth-order valence-corrected chi connectivity index (χ4v) is 5.60. The van der Waals surface area contributed by atoms with Crippen LogP contribution in [0.3, 0.4) is 0 Å². The number of carbonyl (C=O) groups excluding carboxylic acids is 1. The maximum atomic E-state index is 13.2. The summed E-state index contributed by atoms with van der Waals surface area (Å²) in [6.07, 6.45) is -2.15. The number of alkyl halides is 3. The fraction of sp³-hybridized carbons (Fsp3) is 0.346. The van der Waals surface area contributed by atoms with E-state index in [4.69, 9.17) is 4.74 Å². The van der Waals surface area contributed by atoms with Gasteiger partial charge in [0.2, 0.25) is 5.88 Å². The first kappa shape index (κ1) is 27.4. The lowest BCUT2D eigenvalue weighted by atomic mass is 9.97. The molecule has 1 aliphatic rings. The SMILES string of the molecule is CC1CN(c2ncccc2C(=O)NS(=O)(=O)c2cccc(OCc3ccccc3C(F)(F)F)n2)C(C)(C)C1. The molecule has 1 fully saturated rings. The quantitative estimate of drug-likeness (QED) is 0.452. The summed E-state index contributed by atoms with van der Waals surface area (Å²) in [6.45, 7) is 6.34. The van der Waals surface area contributed by atoms with E-state index in [2.05, 4.69) is 16.9 Å². The standard InChI is InChI=1S/C26H27F3N4O4S/c1-17-14-25(2,3)33(15-17)23-19(9-7-13-30-23)24(34)32-38(35,36)22-12-6-11-21(31-22)37-16-18-8-4-5-10-20(18)26(27,28)29/h4-13,17H,14-16H2,1-3H3,(H,32,34). The van der Waals surface area contributed by atoms with Gasteiger partial charge in [0.25, 0.3) is 15.9 Å². The molecule has 1 N–H and O–H groups in total. The Hall–Kier alpha value is -3.67. The molecule has 0 bridgehead atoms. The predicted molar refractivity (Wildman–Crippen MR) is 134 cm³/mol. The number of nitrogens with zero attached hydrogens (tertiary/aromatic N) is 3. The highest BCUT2D eigenvalue weighted by Gasteiger charge is 2.39. The van der Waals surface area contributed by atoms with E-state index in [0.29, 0.717) is 18.3 Å². The lowest BCUT2D eigenvalue weighted by Gasteiger charge is -2.33. The largest absolute Gasteiger partial charge is 0.473 e. The van der Waals surface area contributed by atoms with Crippen molar-refractivity contribution in [2.24, 2.45) is 5.92 Å². The Morgan fingerprint density at radius 3 is 2.55 bits per heavy atom. The third-order valence-corrected chi connectivity index (χ3v) is 7.49. The Morgan fingerprint density at radius 1 is 1.13 bits per heavy atom. The average molecular weight is 549 g/mol. The molecule has 0 saturated carbocycles. The van der Waals surface area contributed by atoms with Gasteiger partial charge in [0.15, 0.2) is 5.03 Å². The Kier molecular flexibility index (Phi) is 7.37. The molecule has 4 rings (SSSR count). The van der Waals surface area contributed by atoms with Gasteiger partial charge < -0.3 is 9.64 Å². The molecule has 12 heteroatoms. The maximum Gasteiger partial charge on any atom is 0.416 e. The van der Waals surface area contributed by atoms with Gasteiger partial charge in [-0.3, -0.25) is 4.79 Å². The van der Waals surface area contributed by atoms with Crippen molar-refractivity contribution in [3.05, 3.63) is 77.5 Å². The second kappa shape index (κ2) is 10.2. The number of anilines is 1. The Labute approximate surface area is 218 Å². The molecule has 0 aliphatic carbocycles. The molecule has 0 spiro atoms. The molecule has 3 aromatic rings. The van der Waals surface area contributed by atoms with E-state index in [0.717, 1.165) is 18.6 Å². The number of hydrogen-bond donors (Lipinski definition) is 1. The van der Waals surface area contributed by atoms with Gasteiger partial charge >= 0.3 is 6.18 Å². The number of carbonyl (C=O) groups is 1. The molecule has 3 heterocycles. The summed E-state index contributed by atoms with van der Waals surface area (Å²) >= 11 is 0. The van der Waals surface area contributed by atoms with Crippen molar-refractivity contribution in [1.82, 2.24) is 14.7 Å². The molecule has 0 radical (unpaired) electrons. The summed E-state index contributed by atoms with van der Waals surface area (Å²) in [6, 6.07) is 11.7. The minimum Gasteiger partial charge on any atom is -0.473 e. The van der Waals surface area contributed by atoms with Crippen LogP contribution in [0.15, 0.2) is 65.8 Å². The monoisotopic (exact) mass is 548 g/mol. The molecule has 1 unspecified atom stereocenters. The van der Waals surface area contributed by atoms with Crippen LogP contribution in [0.1, 0.15) is 48.7 Å². The molecule has 1 aliphatic heterocycles. The van der Waals surface area contributed by atoms with Crippen molar-refractivity contribution in [3.8, 4) is 5.88 Å². The Balaban J connectivity index is 1.53. The van der Waals surface area contributed by atoms with Gasteiger partial charge in [0.1, 0.15) is 12.4 Å². The van der Waals surface area contributed by atoms with Crippen molar-refractivity contribution in [1.29, 1.82) is 0 Å². The van der Waals surface area contributed by atoms with Crippen molar-refractivity contribution in [3.63, 3.8) is 0 Å². The first-order chi connectivity index (χ1) is 17.8. The second-order valence-electron chi connectivity index (χ2n) is 9.80. The summed E-state index contributed by atoms with van der Waals surface area (Å²) in [4.78, 5) is 23.4. The number of hydrogen-bond acceptors (Lipinski definition) is 7. The van der Waals surface area contributed by atoms with Crippen molar-refractivity contribution < 1.29 is 31.1 Å².